The molecule has 0 aliphatic carbocycles. The number of amides is 1. The summed E-state index contributed by atoms with van der Waals surface area (Å²) in [4.78, 5) is 30.4. The number of hydrogen-bond acceptors (Lipinski definition) is 8. The molecule has 0 bridgehead atoms. The maximum Gasteiger partial charge on any atom is 0.290 e. The van der Waals surface area contributed by atoms with Crippen LogP contribution in [0.1, 0.15) is 48.8 Å². The molecule has 1 saturated heterocycles. The molecule has 2 aromatic rings. The molecule has 1 fully saturated rings. The number of rotatable bonds is 12. The van der Waals surface area contributed by atoms with Crippen molar-refractivity contribution in [1.29, 1.82) is 0 Å². The number of aliphatic hydroxyl groups is 1. The lowest BCUT2D eigenvalue weighted by Crippen LogP contribution is -2.39. The summed E-state index contributed by atoms with van der Waals surface area (Å²) < 4.78 is 22.2. The lowest BCUT2D eigenvalue weighted by atomic mass is 9.94. The number of ketones is 1. The summed E-state index contributed by atoms with van der Waals surface area (Å²) in [7, 11) is 1.55. The van der Waals surface area contributed by atoms with Crippen LogP contribution in [-0.2, 0) is 9.53 Å². The van der Waals surface area contributed by atoms with Gasteiger partial charge in [0.1, 0.15) is 0 Å². The van der Waals surface area contributed by atoms with Crippen LogP contribution in [0.5, 0.6) is 11.5 Å². The molecule has 0 saturated carbocycles. The fourth-order valence-corrected chi connectivity index (χ4v) is 4.67. The molecule has 1 amide bonds. The van der Waals surface area contributed by atoms with Gasteiger partial charge in [-0.2, -0.15) is 0 Å². The minimum Gasteiger partial charge on any atom is -0.503 e. The largest absolute Gasteiger partial charge is 0.503 e. The number of methoxy groups -OCH3 is 1. The van der Waals surface area contributed by atoms with Crippen LogP contribution < -0.4 is 9.47 Å². The summed E-state index contributed by atoms with van der Waals surface area (Å²) in [5.41, 5.74) is 0.647. The highest BCUT2D eigenvalue weighted by Gasteiger charge is 2.44. The van der Waals surface area contributed by atoms with Gasteiger partial charge in [-0.25, -0.2) is 0 Å². The highest BCUT2D eigenvalue weighted by atomic mass is 16.5. The molecule has 3 heterocycles. The molecule has 200 valence electrons. The Morgan fingerprint density at radius 1 is 1.16 bits per heavy atom. The Morgan fingerprint density at radius 3 is 2.62 bits per heavy atom. The SMILES string of the molecule is COc1cc(C2C(C(=O)c3ccco3)=C(O)C(=O)N2CCCN2CCOCC2)ccc1OCCC(C)C. The van der Waals surface area contributed by atoms with E-state index in [2.05, 4.69) is 18.7 Å². The van der Waals surface area contributed by atoms with Crippen molar-refractivity contribution in [3.63, 3.8) is 0 Å². The molecule has 1 N–H and O–H groups in total. The van der Waals surface area contributed by atoms with Gasteiger partial charge in [0, 0.05) is 26.2 Å². The van der Waals surface area contributed by atoms with E-state index in [4.69, 9.17) is 18.6 Å². The maximum atomic E-state index is 13.4. The number of carbonyl (C=O) groups is 2. The smallest absolute Gasteiger partial charge is 0.290 e. The number of aliphatic hydroxyl groups excluding tert-OH is 1. The Balaban J connectivity index is 1.61. The van der Waals surface area contributed by atoms with E-state index in [0.29, 0.717) is 55.8 Å². The van der Waals surface area contributed by atoms with Gasteiger partial charge in [0.05, 0.1) is 44.8 Å². The fraction of sp³-hybridized carbons (Fsp3) is 0.500. The van der Waals surface area contributed by atoms with Crippen molar-refractivity contribution >= 4 is 11.7 Å². The van der Waals surface area contributed by atoms with Crippen LogP contribution in [0.25, 0.3) is 0 Å². The minimum atomic E-state index is -0.784. The lowest BCUT2D eigenvalue weighted by molar-refractivity contribution is -0.129. The molecule has 1 aromatic heterocycles. The number of furan rings is 1. The van der Waals surface area contributed by atoms with Gasteiger partial charge in [-0.3, -0.25) is 14.5 Å². The Bertz CT molecular complexity index is 1100. The van der Waals surface area contributed by atoms with E-state index in [1.165, 1.54) is 12.3 Å². The minimum absolute atomic E-state index is 0.00171. The third-order valence-corrected chi connectivity index (χ3v) is 6.73. The van der Waals surface area contributed by atoms with Gasteiger partial charge >= 0.3 is 0 Å². The Morgan fingerprint density at radius 2 is 1.95 bits per heavy atom. The zero-order valence-electron chi connectivity index (χ0n) is 21.8. The van der Waals surface area contributed by atoms with Crippen molar-refractivity contribution in [3.8, 4) is 11.5 Å². The van der Waals surface area contributed by atoms with Gasteiger partial charge in [0.15, 0.2) is 23.0 Å². The van der Waals surface area contributed by atoms with Gasteiger partial charge in [0.25, 0.3) is 5.91 Å². The van der Waals surface area contributed by atoms with Crippen molar-refractivity contribution < 1.29 is 33.3 Å². The zero-order valence-corrected chi connectivity index (χ0v) is 21.8. The highest BCUT2D eigenvalue weighted by molar-refractivity contribution is 6.15. The number of Topliss-reactive ketones (excluding diaryl/α,β-unsaturated/α-hetero) is 1. The van der Waals surface area contributed by atoms with Crippen LogP contribution in [-0.4, -0.2) is 79.7 Å². The number of nitrogens with zero attached hydrogens (tertiary/aromatic N) is 2. The molecular weight excluding hydrogens is 476 g/mol. The Kier molecular flexibility index (Phi) is 8.89. The third-order valence-electron chi connectivity index (χ3n) is 6.73. The van der Waals surface area contributed by atoms with Crippen molar-refractivity contribution in [2.75, 3.05) is 53.1 Å². The summed E-state index contributed by atoms with van der Waals surface area (Å²) in [6, 6.07) is 7.71. The summed E-state index contributed by atoms with van der Waals surface area (Å²) >= 11 is 0. The summed E-state index contributed by atoms with van der Waals surface area (Å²) in [6.45, 7) is 9.04. The maximum absolute atomic E-state index is 13.4. The van der Waals surface area contributed by atoms with E-state index in [9.17, 15) is 14.7 Å². The van der Waals surface area contributed by atoms with E-state index in [-0.39, 0.29) is 11.3 Å². The molecule has 37 heavy (non-hydrogen) atoms. The number of carbonyl (C=O) groups excluding carboxylic acids is 2. The fourth-order valence-electron chi connectivity index (χ4n) is 4.67. The lowest BCUT2D eigenvalue weighted by Gasteiger charge is -2.30. The molecule has 1 aromatic carbocycles. The van der Waals surface area contributed by atoms with Crippen molar-refractivity contribution in [2.45, 2.75) is 32.7 Å². The standard InChI is InChI=1S/C28H36N2O7/c1-19(2)9-15-37-21-8-7-20(18-23(21)34-3)25-24(26(31)22-6-4-14-36-22)27(32)28(33)30(25)11-5-10-29-12-16-35-17-13-29/h4,6-8,14,18-19,25,32H,5,9-13,15-17H2,1-3H3. The zero-order chi connectivity index (χ0) is 26.4. The first kappa shape index (κ1) is 26.8. The molecule has 0 spiro atoms. The number of ether oxygens (including phenoxy) is 3. The van der Waals surface area contributed by atoms with E-state index in [1.54, 1.807) is 30.2 Å². The van der Waals surface area contributed by atoms with Crippen LogP contribution in [0.3, 0.4) is 0 Å². The predicted molar refractivity (Wildman–Crippen MR) is 137 cm³/mol. The first-order valence-corrected chi connectivity index (χ1v) is 12.8. The molecule has 2 aliphatic rings. The monoisotopic (exact) mass is 512 g/mol. The highest BCUT2D eigenvalue weighted by Crippen LogP contribution is 2.41. The molecule has 2 aliphatic heterocycles. The predicted octanol–water partition coefficient (Wildman–Crippen LogP) is 4.01. The van der Waals surface area contributed by atoms with Crippen LogP contribution >= 0.6 is 0 Å². The van der Waals surface area contributed by atoms with Gasteiger partial charge < -0.3 is 28.6 Å². The molecule has 4 rings (SSSR count). The normalized spacial score (nSPS) is 18.6. The van der Waals surface area contributed by atoms with Gasteiger partial charge in [-0.15, -0.1) is 0 Å². The summed E-state index contributed by atoms with van der Waals surface area (Å²) in [5.74, 6) is 0.0134. The number of hydrogen-bond donors (Lipinski definition) is 1. The number of benzene rings is 1. The number of morpholine rings is 1. The Hall–Kier alpha value is -3.30. The van der Waals surface area contributed by atoms with Gasteiger partial charge in [-0.05, 0) is 48.6 Å². The molecular formula is C28H36N2O7. The van der Waals surface area contributed by atoms with Crippen LogP contribution in [0.4, 0.5) is 0 Å². The topological polar surface area (TPSA) is 102 Å². The van der Waals surface area contributed by atoms with E-state index < -0.39 is 23.5 Å². The first-order chi connectivity index (χ1) is 17.9. The molecule has 1 unspecified atom stereocenters. The van der Waals surface area contributed by atoms with Crippen molar-refractivity contribution in [3.05, 3.63) is 59.3 Å². The average molecular weight is 513 g/mol. The second-order valence-electron chi connectivity index (χ2n) is 9.72. The molecule has 1 atom stereocenters. The van der Waals surface area contributed by atoms with Crippen molar-refractivity contribution in [2.24, 2.45) is 5.92 Å². The Labute approximate surface area is 217 Å². The van der Waals surface area contributed by atoms with E-state index >= 15 is 0 Å². The van der Waals surface area contributed by atoms with Crippen LogP contribution in [0.15, 0.2) is 52.3 Å². The van der Waals surface area contributed by atoms with E-state index in [1.807, 2.05) is 6.07 Å². The molecule has 0 radical (unpaired) electrons. The second-order valence-corrected chi connectivity index (χ2v) is 9.72. The molecule has 9 nitrogen and oxygen atoms in total. The second kappa shape index (κ2) is 12.3. The molecule has 9 heteroatoms. The quantitative estimate of drug-likeness (QED) is 0.426. The summed E-state index contributed by atoms with van der Waals surface area (Å²) in [6.07, 6.45) is 2.98. The van der Waals surface area contributed by atoms with Gasteiger partial charge in [-0.1, -0.05) is 19.9 Å². The first-order valence-electron chi connectivity index (χ1n) is 12.8. The van der Waals surface area contributed by atoms with Crippen LogP contribution in [0.2, 0.25) is 0 Å². The third kappa shape index (κ3) is 6.17. The average Bonchev–Trinajstić information content (AvgIpc) is 3.52. The summed E-state index contributed by atoms with van der Waals surface area (Å²) in [5, 5.41) is 10.9. The van der Waals surface area contributed by atoms with E-state index in [0.717, 1.165) is 26.1 Å². The van der Waals surface area contributed by atoms with Crippen LogP contribution in [0, 0.1) is 5.92 Å². The van der Waals surface area contributed by atoms with Gasteiger partial charge in [0.2, 0.25) is 5.78 Å². The van der Waals surface area contributed by atoms with Crippen molar-refractivity contribution in [1.82, 2.24) is 9.80 Å².